The third-order valence-corrected chi connectivity index (χ3v) is 8.68. The van der Waals surface area contributed by atoms with Gasteiger partial charge in [0.15, 0.2) is 0 Å². The highest BCUT2D eigenvalue weighted by Gasteiger charge is 2.38. The van der Waals surface area contributed by atoms with Crippen molar-refractivity contribution in [1.82, 2.24) is 9.62 Å². The second kappa shape index (κ2) is 8.46. The minimum atomic E-state index is -3.66. The lowest BCUT2D eigenvalue weighted by molar-refractivity contribution is -0.119. The van der Waals surface area contributed by atoms with Crippen LogP contribution in [0.4, 0.5) is 5.69 Å². The number of likely N-dealkylation sites (tertiary alicyclic amines) is 1. The Morgan fingerprint density at radius 1 is 1.13 bits per heavy atom. The van der Waals surface area contributed by atoms with Gasteiger partial charge in [-0.3, -0.25) is 4.79 Å². The number of carbonyl (C=O) groups is 1. The summed E-state index contributed by atoms with van der Waals surface area (Å²) in [4.78, 5) is 16.6. The molecule has 8 heteroatoms. The number of ether oxygens (including phenoxy) is 1. The Bertz CT molecular complexity index is 932. The summed E-state index contributed by atoms with van der Waals surface area (Å²) in [6.07, 6.45) is 4.55. The van der Waals surface area contributed by atoms with E-state index in [4.69, 9.17) is 4.74 Å². The molecule has 0 bridgehead atoms. The first-order valence-electron chi connectivity index (χ1n) is 11.3. The van der Waals surface area contributed by atoms with Gasteiger partial charge >= 0.3 is 0 Å². The number of nitrogens with one attached hydrogen (secondary N) is 1. The van der Waals surface area contributed by atoms with E-state index >= 15 is 0 Å². The molecule has 2 saturated heterocycles. The number of hydrogen-bond donors (Lipinski definition) is 1. The Morgan fingerprint density at radius 2 is 1.81 bits per heavy atom. The summed E-state index contributed by atoms with van der Waals surface area (Å²) >= 11 is 0. The third-order valence-electron chi connectivity index (χ3n) is 7.28. The van der Waals surface area contributed by atoms with Crippen molar-refractivity contribution in [2.24, 2.45) is 5.41 Å². The highest BCUT2D eigenvalue weighted by Crippen LogP contribution is 2.41. The third kappa shape index (κ3) is 4.67. The molecule has 0 unspecified atom stereocenters. The molecule has 1 N–H and O–H groups in total. The first-order valence-corrected chi connectivity index (χ1v) is 12.8. The van der Waals surface area contributed by atoms with E-state index in [2.05, 4.69) is 9.62 Å². The van der Waals surface area contributed by atoms with E-state index in [-0.39, 0.29) is 16.2 Å². The van der Waals surface area contributed by atoms with Crippen LogP contribution in [0.25, 0.3) is 0 Å². The number of carbonyl (C=O) groups excluding carboxylic acids is 1. The SMILES string of the molecule is CN1C(=O)CC(C)(C)c2cc(S(=O)(=O)NCC3(CN4CCCC4)CCOCC3)ccc21. The zero-order chi connectivity index (χ0) is 22.3. The molecule has 7 nitrogen and oxygen atoms in total. The van der Waals surface area contributed by atoms with Crippen molar-refractivity contribution >= 4 is 21.6 Å². The molecule has 2 fully saturated rings. The summed E-state index contributed by atoms with van der Waals surface area (Å²) in [6, 6.07) is 5.12. The molecule has 0 saturated carbocycles. The molecule has 3 aliphatic rings. The molecule has 4 rings (SSSR count). The van der Waals surface area contributed by atoms with Crippen LogP contribution in [0.5, 0.6) is 0 Å². The highest BCUT2D eigenvalue weighted by atomic mass is 32.2. The minimum absolute atomic E-state index is 0.0506. The Labute approximate surface area is 186 Å². The van der Waals surface area contributed by atoms with Crippen molar-refractivity contribution in [2.45, 2.75) is 56.3 Å². The predicted molar refractivity (Wildman–Crippen MR) is 121 cm³/mol. The van der Waals surface area contributed by atoms with Crippen LogP contribution in [0, 0.1) is 5.41 Å². The van der Waals surface area contributed by atoms with Crippen molar-refractivity contribution in [3.8, 4) is 0 Å². The summed E-state index contributed by atoms with van der Waals surface area (Å²) in [5.74, 6) is 0.0506. The first kappa shape index (κ1) is 22.7. The fraction of sp³-hybridized carbons (Fsp3) is 0.696. The summed E-state index contributed by atoms with van der Waals surface area (Å²) in [7, 11) is -1.91. The number of benzene rings is 1. The second-order valence-electron chi connectivity index (χ2n) is 10.1. The molecule has 0 aromatic heterocycles. The highest BCUT2D eigenvalue weighted by molar-refractivity contribution is 7.89. The average Bonchev–Trinajstić information content (AvgIpc) is 3.24. The maximum absolute atomic E-state index is 13.3. The van der Waals surface area contributed by atoms with Gasteiger partial charge in [0.2, 0.25) is 15.9 Å². The van der Waals surface area contributed by atoms with Crippen molar-refractivity contribution < 1.29 is 17.9 Å². The molecule has 0 radical (unpaired) electrons. The van der Waals surface area contributed by atoms with Crippen LogP contribution >= 0.6 is 0 Å². The molecule has 0 aliphatic carbocycles. The molecule has 172 valence electrons. The van der Waals surface area contributed by atoms with Crippen LogP contribution in [-0.4, -0.2) is 65.7 Å². The lowest BCUT2D eigenvalue weighted by atomic mass is 9.77. The smallest absolute Gasteiger partial charge is 0.240 e. The topological polar surface area (TPSA) is 79.0 Å². The van der Waals surface area contributed by atoms with Crippen molar-refractivity contribution in [2.75, 3.05) is 51.3 Å². The van der Waals surface area contributed by atoms with Gasteiger partial charge in [-0.2, -0.15) is 0 Å². The molecule has 0 atom stereocenters. The lowest BCUT2D eigenvalue weighted by Crippen LogP contribution is -2.48. The molecular weight excluding hydrogens is 414 g/mol. The molecule has 31 heavy (non-hydrogen) atoms. The minimum Gasteiger partial charge on any atom is -0.381 e. The van der Waals surface area contributed by atoms with Crippen LogP contribution in [0.2, 0.25) is 0 Å². The summed E-state index contributed by atoms with van der Waals surface area (Å²) in [5, 5.41) is 0. The Morgan fingerprint density at radius 3 is 2.48 bits per heavy atom. The Kier molecular flexibility index (Phi) is 6.20. The van der Waals surface area contributed by atoms with Gasteiger partial charge in [-0.25, -0.2) is 13.1 Å². The van der Waals surface area contributed by atoms with E-state index in [1.165, 1.54) is 12.8 Å². The van der Waals surface area contributed by atoms with E-state index in [0.717, 1.165) is 43.7 Å². The Balaban J connectivity index is 1.55. The van der Waals surface area contributed by atoms with Gasteiger partial charge in [-0.1, -0.05) is 13.8 Å². The van der Waals surface area contributed by atoms with Crippen LogP contribution in [-0.2, 0) is 25.0 Å². The van der Waals surface area contributed by atoms with Crippen LogP contribution < -0.4 is 9.62 Å². The Hall–Kier alpha value is -1.48. The molecule has 3 heterocycles. The standard InChI is InChI=1S/C23H35N3O4S/c1-22(2)15-21(27)25(3)20-7-6-18(14-19(20)22)31(28,29)24-16-23(8-12-30-13-9-23)17-26-10-4-5-11-26/h6-7,14,24H,4-5,8-13,15-17H2,1-3H3. The monoisotopic (exact) mass is 449 g/mol. The average molecular weight is 450 g/mol. The summed E-state index contributed by atoms with van der Waals surface area (Å²) in [6.45, 7) is 8.90. The summed E-state index contributed by atoms with van der Waals surface area (Å²) in [5.41, 5.74) is 1.20. The molecular formula is C23H35N3O4S. The van der Waals surface area contributed by atoms with Gasteiger partial charge in [0.05, 0.1) is 4.90 Å². The van der Waals surface area contributed by atoms with Gasteiger partial charge in [-0.05, 0) is 62.5 Å². The molecule has 1 amide bonds. The van der Waals surface area contributed by atoms with Gasteiger partial charge in [0.1, 0.15) is 0 Å². The lowest BCUT2D eigenvalue weighted by Gasteiger charge is -2.40. The number of sulfonamides is 1. The van der Waals surface area contributed by atoms with Crippen molar-refractivity contribution in [3.05, 3.63) is 23.8 Å². The van der Waals surface area contributed by atoms with Gasteiger partial charge in [0.25, 0.3) is 0 Å². The van der Waals surface area contributed by atoms with E-state index in [1.54, 1.807) is 30.1 Å². The number of rotatable bonds is 6. The number of hydrogen-bond acceptors (Lipinski definition) is 5. The van der Waals surface area contributed by atoms with Crippen molar-refractivity contribution in [3.63, 3.8) is 0 Å². The van der Waals surface area contributed by atoms with E-state index in [0.29, 0.717) is 26.2 Å². The number of nitrogens with zero attached hydrogens (tertiary/aromatic N) is 2. The maximum Gasteiger partial charge on any atom is 0.240 e. The van der Waals surface area contributed by atoms with Crippen LogP contribution in [0.15, 0.2) is 23.1 Å². The number of fused-ring (bicyclic) bond motifs is 1. The maximum atomic E-state index is 13.3. The van der Waals surface area contributed by atoms with Crippen molar-refractivity contribution in [1.29, 1.82) is 0 Å². The quantitative estimate of drug-likeness (QED) is 0.722. The largest absolute Gasteiger partial charge is 0.381 e. The second-order valence-corrected chi connectivity index (χ2v) is 11.9. The van der Waals surface area contributed by atoms with Gasteiger partial charge < -0.3 is 14.5 Å². The van der Waals surface area contributed by atoms with E-state index in [1.807, 2.05) is 13.8 Å². The van der Waals surface area contributed by atoms with Gasteiger partial charge in [0, 0.05) is 56.3 Å². The fourth-order valence-electron chi connectivity index (χ4n) is 5.18. The predicted octanol–water partition coefficient (Wildman–Crippen LogP) is 2.50. The zero-order valence-corrected chi connectivity index (χ0v) is 19.8. The molecule has 1 aromatic rings. The van der Waals surface area contributed by atoms with E-state index in [9.17, 15) is 13.2 Å². The normalized spacial score (nSPS) is 23.7. The number of amides is 1. The van der Waals surface area contributed by atoms with E-state index < -0.39 is 15.4 Å². The zero-order valence-electron chi connectivity index (χ0n) is 18.9. The fourth-order valence-corrected chi connectivity index (χ4v) is 6.37. The number of anilines is 1. The molecule has 1 aromatic carbocycles. The molecule has 3 aliphatic heterocycles. The summed E-state index contributed by atoms with van der Waals surface area (Å²) < 4.78 is 35.0. The van der Waals surface area contributed by atoms with Crippen LogP contribution in [0.3, 0.4) is 0 Å². The van der Waals surface area contributed by atoms with Crippen LogP contribution in [0.1, 0.15) is 51.5 Å². The first-order chi connectivity index (χ1) is 14.6. The van der Waals surface area contributed by atoms with Gasteiger partial charge in [-0.15, -0.1) is 0 Å². The molecule has 0 spiro atoms.